The van der Waals surface area contributed by atoms with Gasteiger partial charge in [-0.25, -0.2) is 0 Å². The molecule has 2 saturated carbocycles. The summed E-state index contributed by atoms with van der Waals surface area (Å²) in [4.78, 5) is 12.3. The molecule has 3 rings (SSSR count). The minimum atomic E-state index is 0. The van der Waals surface area contributed by atoms with E-state index in [-0.39, 0.29) is 30.3 Å². The van der Waals surface area contributed by atoms with Gasteiger partial charge in [0.1, 0.15) is 0 Å². The number of rotatable bonds is 3. The zero-order valence-corrected chi connectivity index (χ0v) is 12.8. The van der Waals surface area contributed by atoms with Gasteiger partial charge in [0, 0.05) is 30.9 Å². The number of carbonyl (C=O) groups excluding carboxylic acids is 1. The van der Waals surface area contributed by atoms with E-state index in [0.717, 1.165) is 17.7 Å². The first kappa shape index (κ1) is 15.3. The Hall–Kier alpha value is -1.07. The summed E-state index contributed by atoms with van der Waals surface area (Å²) >= 11 is 0. The van der Waals surface area contributed by atoms with Crippen LogP contribution >= 0.6 is 12.4 Å². The topological polar surface area (TPSA) is 72.9 Å². The molecule has 0 radical (unpaired) electrons. The first-order chi connectivity index (χ1) is 9.08. The van der Waals surface area contributed by atoms with Gasteiger partial charge in [-0.3, -0.25) is 9.48 Å². The minimum Gasteiger partial charge on any atom is -0.352 e. The van der Waals surface area contributed by atoms with Crippen LogP contribution in [-0.4, -0.2) is 21.7 Å². The van der Waals surface area contributed by atoms with E-state index in [1.165, 1.54) is 12.8 Å². The van der Waals surface area contributed by atoms with Gasteiger partial charge in [-0.15, -0.1) is 12.4 Å². The van der Waals surface area contributed by atoms with Crippen molar-refractivity contribution < 1.29 is 4.79 Å². The summed E-state index contributed by atoms with van der Waals surface area (Å²) in [6.45, 7) is 2.57. The lowest BCUT2D eigenvalue weighted by Gasteiger charge is -2.26. The van der Waals surface area contributed by atoms with Crippen molar-refractivity contribution in [2.24, 2.45) is 30.5 Å². The van der Waals surface area contributed by atoms with Crippen LogP contribution in [0.25, 0.3) is 0 Å². The summed E-state index contributed by atoms with van der Waals surface area (Å²) in [5.41, 5.74) is 8.36. The van der Waals surface area contributed by atoms with Gasteiger partial charge in [-0.1, -0.05) is 0 Å². The molecule has 6 heteroatoms. The number of hydrogen-bond donors (Lipinski definition) is 2. The number of nitrogens with two attached hydrogens (primary N) is 1. The lowest BCUT2D eigenvalue weighted by atomic mass is 9.84. The van der Waals surface area contributed by atoms with Crippen LogP contribution in [0.2, 0.25) is 0 Å². The Kier molecular flexibility index (Phi) is 4.39. The normalized spacial score (nSPS) is 31.1. The van der Waals surface area contributed by atoms with Crippen LogP contribution in [0.3, 0.4) is 0 Å². The number of hydrogen-bond acceptors (Lipinski definition) is 3. The van der Waals surface area contributed by atoms with E-state index in [0.29, 0.717) is 18.4 Å². The van der Waals surface area contributed by atoms with Crippen LogP contribution in [0.4, 0.5) is 0 Å². The average molecular weight is 299 g/mol. The number of carbonyl (C=O) groups is 1. The van der Waals surface area contributed by atoms with Crippen molar-refractivity contribution in [1.82, 2.24) is 15.1 Å². The van der Waals surface area contributed by atoms with Gasteiger partial charge in [0.2, 0.25) is 5.91 Å². The lowest BCUT2D eigenvalue weighted by molar-refractivity contribution is -0.127. The molecular weight excluding hydrogens is 276 g/mol. The molecule has 1 aromatic rings. The molecule has 2 fully saturated rings. The second kappa shape index (κ2) is 5.74. The molecule has 1 heterocycles. The molecular formula is C14H23ClN4O. The fraction of sp³-hybridized carbons (Fsp3) is 0.714. The van der Waals surface area contributed by atoms with Crippen molar-refractivity contribution in [3.8, 4) is 0 Å². The van der Waals surface area contributed by atoms with Gasteiger partial charge >= 0.3 is 0 Å². The maximum atomic E-state index is 12.3. The van der Waals surface area contributed by atoms with Crippen LogP contribution in [-0.2, 0) is 18.4 Å². The third kappa shape index (κ3) is 2.44. The molecule has 3 N–H and O–H groups in total. The van der Waals surface area contributed by atoms with Crippen molar-refractivity contribution >= 4 is 18.3 Å². The summed E-state index contributed by atoms with van der Waals surface area (Å²) in [6, 6.07) is 0.0637. The van der Waals surface area contributed by atoms with Crippen molar-refractivity contribution in [3.05, 3.63) is 17.5 Å². The van der Waals surface area contributed by atoms with Gasteiger partial charge in [0.25, 0.3) is 0 Å². The number of nitrogens with zero attached hydrogens (tertiary/aromatic N) is 2. The lowest BCUT2D eigenvalue weighted by Crippen LogP contribution is -2.45. The third-order valence-electron chi connectivity index (χ3n) is 5.07. The number of amides is 1. The highest BCUT2D eigenvalue weighted by Crippen LogP contribution is 2.47. The molecule has 4 atom stereocenters. The first-order valence-electron chi connectivity index (χ1n) is 7.08. The largest absolute Gasteiger partial charge is 0.352 e. The fourth-order valence-corrected chi connectivity index (χ4v) is 3.74. The van der Waals surface area contributed by atoms with Crippen molar-refractivity contribution in [2.75, 3.05) is 0 Å². The number of nitrogens with one attached hydrogen (secondary N) is 1. The number of aromatic nitrogens is 2. The second-order valence-corrected chi connectivity index (χ2v) is 6.03. The number of aryl methyl sites for hydroxylation is 1. The Morgan fingerprint density at radius 1 is 1.50 bits per heavy atom. The monoisotopic (exact) mass is 298 g/mol. The number of fused-ring (bicyclic) bond motifs is 2. The van der Waals surface area contributed by atoms with Crippen molar-refractivity contribution in [1.29, 1.82) is 0 Å². The summed E-state index contributed by atoms with van der Waals surface area (Å²) in [6.07, 6.45) is 5.33. The average Bonchev–Trinajstić information content (AvgIpc) is 3.05. The summed E-state index contributed by atoms with van der Waals surface area (Å²) < 4.78 is 1.82. The van der Waals surface area contributed by atoms with E-state index in [4.69, 9.17) is 5.73 Å². The molecule has 0 aromatic carbocycles. The van der Waals surface area contributed by atoms with Crippen molar-refractivity contribution in [3.63, 3.8) is 0 Å². The quantitative estimate of drug-likeness (QED) is 0.879. The van der Waals surface area contributed by atoms with Crippen LogP contribution < -0.4 is 11.1 Å². The van der Waals surface area contributed by atoms with Crippen LogP contribution in [0.5, 0.6) is 0 Å². The van der Waals surface area contributed by atoms with Gasteiger partial charge in [-0.2, -0.15) is 5.10 Å². The smallest absolute Gasteiger partial charge is 0.225 e. The third-order valence-corrected chi connectivity index (χ3v) is 5.07. The van der Waals surface area contributed by atoms with E-state index < -0.39 is 0 Å². The standard InChI is InChI=1S/C14H22N4O.ClH/c1-8-11(7-17-18(8)2)6-16-14(19)12-9-3-4-10(5-9)13(12)15;/h7,9-10,12-13H,3-6,15H2,1-2H3,(H,16,19);1H. The molecule has 4 unspecified atom stereocenters. The fourth-order valence-electron chi connectivity index (χ4n) is 3.74. The van der Waals surface area contributed by atoms with E-state index in [9.17, 15) is 4.79 Å². The Morgan fingerprint density at radius 2 is 2.20 bits per heavy atom. The SMILES string of the molecule is Cc1c(CNC(=O)C2C3CCC(C3)C2N)cnn1C.Cl. The first-order valence-corrected chi connectivity index (χ1v) is 7.08. The highest BCUT2D eigenvalue weighted by Gasteiger charge is 2.48. The molecule has 112 valence electrons. The Morgan fingerprint density at radius 3 is 2.75 bits per heavy atom. The Labute approximate surface area is 125 Å². The summed E-state index contributed by atoms with van der Waals surface area (Å²) in [7, 11) is 1.91. The Balaban J connectivity index is 0.00000147. The van der Waals surface area contributed by atoms with Crippen LogP contribution in [0.15, 0.2) is 6.20 Å². The molecule has 5 nitrogen and oxygen atoms in total. The maximum absolute atomic E-state index is 12.3. The molecule has 2 aliphatic carbocycles. The highest BCUT2D eigenvalue weighted by atomic mass is 35.5. The van der Waals surface area contributed by atoms with E-state index in [1.807, 2.05) is 24.9 Å². The van der Waals surface area contributed by atoms with Gasteiger partial charge in [-0.05, 0) is 38.0 Å². The van der Waals surface area contributed by atoms with Crippen LogP contribution in [0.1, 0.15) is 30.5 Å². The van der Waals surface area contributed by atoms with E-state index >= 15 is 0 Å². The minimum absolute atomic E-state index is 0. The Bertz CT molecular complexity index is 499. The summed E-state index contributed by atoms with van der Waals surface area (Å²) in [5, 5.41) is 7.22. The molecule has 1 amide bonds. The molecule has 0 spiro atoms. The van der Waals surface area contributed by atoms with Gasteiger partial charge in [0.15, 0.2) is 0 Å². The van der Waals surface area contributed by atoms with Crippen molar-refractivity contribution in [2.45, 2.75) is 38.8 Å². The van der Waals surface area contributed by atoms with Crippen LogP contribution in [0, 0.1) is 24.7 Å². The molecule has 0 saturated heterocycles. The molecule has 2 aliphatic rings. The number of halogens is 1. The molecule has 1 aromatic heterocycles. The molecule has 20 heavy (non-hydrogen) atoms. The van der Waals surface area contributed by atoms with Gasteiger partial charge < -0.3 is 11.1 Å². The predicted molar refractivity (Wildman–Crippen MR) is 79.3 cm³/mol. The summed E-state index contributed by atoms with van der Waals surface area (Å²) in [5.74, 6) is 1.23. The highest BCUT2D eigenvalue weighted by molar-refractivity contribution is 5.85. The van der Waals surface area contributed by atoms with E-state index in [2.05, 4.69) is 10.4 Å². The predicted octanol–water partition coefficient (Wildman–Crippen LogP) is 1.14. The molecule has 0 aliphatic heterocycles. The van der Waals surface area contributed by atoms with E-state index in [1.54, 1.807) is 0 Å². The van der Waals surface area contributed by atoms with Gasteiger partial charge in [0.05, 0.1) is 12.1 Å². The molecule has 2 bridgehead atoms. The zero-order chi connectivity index (χ0) is 13.6. The zero-order valence-electron chi connectivity index (χ0n) is 12.0. The maximum Gasteiger partial charge on any atom is 0.225 e. The second-order valence-electron chi connectivity index (χ2n) is 6.03.